The molecule has 5 rings (SSSR count). The Hall–Kier alpha value is -4.96. The van der Waals surface area contributed by atoms with Gasteiger partial charge in [-0.1, -0.05) is 32.1 Å². The van der Waals surface area contributed by atoms with E-state index in [1.165, 1.54) is 4.68 Å². The number of fused-ring (bicyclic) bond motifs is 1. The summed E-state index contributed by atoms with van der Waals surface area (Å²) in [6, 6.07) is 15.0. The quantitative estimate of drug-likeness (QED) is 0.126. The number of aromatic nitrogens is 2. The topological polar surface area (TPSA) is 104 Å². The summed E-state index contributed by atoms with van der Waals surface area (Å²) in [6.45, 7) is 16.9. The summed E-state index contributed by atoms with van der Waals surface area (Å²) in [5.74, 6) is 2.26. The van der Waals surface area contributed by atoms with Crippen molar-refractivity contribution in [3.05, 3.63) is 93.8 Å². The summed E-state index contributed by atoms with van der Waals surface area (Å²) in [5.41, 5.74) is 4.48. The molecular weight excluding hydrogens is 608 g/mol. The minimum atomic E-state index is -0.288. The summed E-state index contributed by atoms with van der Waals surface area (Å²) in [6.07, 6.45) is 3.85. The molecular formula is C38H44N4O6. The summed E-state index contributed by atoms with van der Waals surface area (Å²) in [7, 11) is 0. The van der Waals surface area contributed by atoms with Gasteiger partial charge >= 0.3 is 0 Å². The predicted molar refractivity (Wildman–Crippen MR) is 189 cm³/mol. The molecule has 0 bridgehead atoms. The largest absolute Gasteiger partial charge is 0.494 e. The van der Waals surface area contributed by atoms with E-state index >= 15 is 0 Å². The smallest absolute Gasteiger partial charge is 0.282 e. The van der Waals surface area contributed by atoms with Crippen molar-refractivity contribution >= 4 is 23.0 Å². The van der Waals surface area contributed by atoms with Crippen molar-refractivity contribution in [1.82, 2.24) is 14.6 Å². The normalized spacial score (nSPS) is 13.3. The van der Waals surface area contributed by atoms with Crippen molar-refractivity contribution in [1.29, 1.82) is 0 Å². The van der Waals surface area contributed by atoms with Gasteiger partial charge in [0.25, 0.3) is 11.5 Å². The van der Waals surface area contributed by atoms with Crippen molar-refractivity contribution in [2.24, 2.45) is 5.10 Å². The number of nitrogens with zero attached hydrogens (tertiary/aromatic N) is 4. The van der Waals surface area contributed by atoms with Gasteiger partial charge in [-0.3, -0.25) is 9.59 Å². The minimum Gasteiger partial charge on any atom is -0.494 e. The van der Waals surface area contributed by atoms with E-state index in [9.17, 15) is 9.59 Å². The molecule has 0 spiro atoms. The van der Waals surface area contributed by atoms with Crippen LogP contribution in [-0.2, 0) is 16.0 Å². The van der Waals surface area contributed by atoms with Gasteiger partial charge in [0.05, 0.1) is 43.5 Å². The van der Waals surface area contributed by atoms with Crippen molar-refractivity contribution in [2.75, 3.05) is 46.1 Å². The highest BCUT2D eigenvalue weighted by molar-refractivity contribution is 5.84. The summed E-state index contributed by atoms with van der Waals surface area (Å²) >= 11 is 0. The Morgan fingerprint density at radius 2 is 1.77 bits per heavy atom. The number of allylic oxidation sites excluding steroid dienone is 1. The monoisotopic (exact) mass is 652 g/mol. The lowest BCUT2D eigenvalue weighted by molar-refractivity contribution is -0.137. The fourth-order valence-corrected chi connectivity index (χ4v) is 5.73. The van der Waals surface area contributed by atoms with Crippen LogP contribution in [0.4, 0.5) is 0 Å². The first-order valence-electron chi connectivity index (χ1n) is 16.5. The fourth-order valence-electron chi connectivity index (χ4n) is 5.73. The lowest BCUT2D eigenvalue weighted by atomic mass is 9.96. The van der Waals surface area contributed by atoms with Gasteiger partial charge in [-0.15, -0.1) is 6.58 Å². The average molecular weight is 653 g/mol. The molecule has 252 valence electrons. The van der Waals surface area contributed by atoms with Crippen LogP contribution in [-0.4, -0.2) is 72.8 Å². The first-order chi connectivity index (χ1) is 23.2. The molecule has 48 heavy (non-hydrogen) atoms. The van der Waals surface area contributed by atoms with Gasteiger partial charge in [-0.05, 0) is 86.2 Å². The number of hydrogen-bond donors (Lipinski definition) is 0. The Labute approximate surface area is 281 Å². The number of carbonyl (C=O) groups excluding carboxylic acids is 1. The van der Waals surface area contributed by atoms with Crippen LogP contribution < -0.4 is 19.8 Å². The van der Waals surface area contributed by atoms with Gasteiger partial charge in [0, 0.05) is 24.2 Å². The third-order valence-corrected chi connectivity index (χ3v) is 8.12. The molecule has 4 aromatic rings. The molecule has 1 aliphatic rings. The Morgan fingerprint density at radius 3 is 2.48 bits per heavy atom. The van der Waals surface area contributed by atoms with Crippen LogP contribution >= 0.6 is 0 Å². The van der Waals surface area contributed by atoms with Gasteiger partial charge in [-0.2, -0.15) is 9.78 Å². The minimum absolute atomic E-state index is 0.114. The average Bonchev–Trinajstić information content (AvgIpc) is 3.08. The van der Waals surface area contributed by atoms with Crippen LogP contribution in [0.3, 0.4) is 0 Å². The molecule has 1 aromatic heterocycles. The molecule has 3 aromatic carbocycles. The zero-order valence-corrected chi connectivity index (χ0v) is 28.5. The highest BCUT2D eigenvalue weighted by atomic mass is 16.5. The third kappa shape index (κ3) is 7.60. The van der Waals surface area contributed by atoms with Crippen LogP contribution in [0.15, 0.2) is 71.1 Å². The van der Waals surface area contributed by atoms with Crippen molar-refractivity contribution in [2.45, 2.75) is 47.0 Å². The van der Waals surface area contributed by atoms with E-state index < -0.39 is 0 Å². The lowest BCUT2D eigenvalue weighted by Crippen LogP contribution is -2.43. The SMILES string of the molecule is C=CCc1cc(C=Nn2c(-c3cc(C(C)C)c(OCC)cc3C)nc3ccccc3c2=O)cc(OCC)c1OCC(=O)N1CCOCC1. The molecule has 0 aliphatic carbocycles. The van der Waals surface area contributed by atoms with Gasteiger partial charge in [0.15, 0.2) is 23.9 Å². The number of rotatable bonds is 13. The maximum atomic E-state index is 14.0. The van der Waals surface area contributed by atoms with Gasteiger partial charge in [-0.25, -0.2) is 4.98 Å². The summed E-state index contributed by atoms with van der Waals surface area (Å²) in [5, 5.41) is 5.20. The maximum absolute atomic E-state index is 14.0. The second-order valence-corrected chi connectivity index (χ2v) is 11.8. The van der Waals surface area contributed by atoms with E-state index in [2.05, 4.69) is 20.4 Å². The van der Waals surface area contributed by atoms with E-state index in [4.69, 9.17) is 29.0 Å². The van der Waals surface area contributed by atoms with Crippen LogP contribution in [0.5, 0.6) is 17.2 Å². The molecule has 1 amide bonds. The van der Waals surface area contributed by atoms with Crippen LogP contribution in [0.2, 0.25) is 0 Å². The molecule has 0 N–H and O–H groups in total. The zero-order chi connectivity index (χ0) is 34.2. The third-order valence-electron chi connectivity index (χ3n) is 8.12. The molecule has 10 nitrogen and oxygen atoms in total. The maximum Gasteiger partial charge on any atom is 0.282 e. The molecule has 2 heterocycles. The number of hydrogen-bond acceptors (Lipinski definition) is 8. The zero-order valence-electron chi connectivity index (χ0n) is 28.5. The molecule has 1 saturated heterocycles. The highest BCUT2D eigenvalue weighted by Gasteiger charge is 2.21. The van der Waals surface area contributed by atoms with Crippen LogP contribution in [0.25, 0.3) is 22.3 Å². The van der Waals surface area contributed by atoms with E-state index in [0.717, 1.165) is 28.0 Å². The number of para-hydroxylation sites is 1. The Bertz CT molecular complexity index is 1870. The van der Waals surface area contributed by atoms with Gasteiger partial charge in [0.1, 0.15) is 5.75 Å². The Kier molecular flexibility index (Phi) is 11.3. The van der Waals surface area contributed by atoms with Gasteiger partial charge < -0.3 is 23.8 Å². The second-order valence-electron chi connectivity index (χ2n) is 11.8. The van der Waals surface area contributed by atoms with Crippen molar-refractivity contribution in [3.63, 3.8) is 0 Å². The number of carbonyl (C=O) groups is 1. The molecule has 0 atom stereocenters. The fraction of sp³-hybridized carbons (Fsp3) is 0.368. The molecule has 1 aliphatic heterocycles. The van der Waals surface area contributed by atoms with Crippen LogP contribution in [0, 0.1) is 6.92 Å². The van der Waals surface area contributed by atoms with E-state index in [1.807, 2.05) is 57.2 Å². The Balaban J connectivity index is 1.59. The summed E-state index contributed by atoms with van der Waals surface area (Å²) < 4.78 is 24.8. The number of aryl methyl sites for hydroxylation is 1. The van der Waals surface area contributed by atoms with Crippen molar-refractivity contribution < 1.29 is 23.7 Å². The Morgan fingerprint density at radius 1 is 1.04 bits per heavy atom. The molecule has 0 unspecified atom stereocenters. The lowest BCUT2D eigenvalue weighted by Gasteiger charge is -2.27. The summed E-state index contributed by atoms with van der Waals surface area (Å²) in [4.78, 5) is 33.5. The number of amides is 1. The van der Waals surface area contributed by atoms with Gasteiger partial charge in [0.2, 0.25) is 0 Å². The number of ether oxygens (including phenoxy) is 4. The molecule has 1 fully saturated rings. The first kappa shape index (κ1) is 34.4. The molecule has 0 saturated carbocycles. The van der Waals surface area contributed by atoms with E-state index in [1.54, 1.807) is 29.3 Å². The second kappa shape index (κ2) is 15.8. The van der Waals surface area contributed by atoms with Crippen molar-refractivity contribution in [3.8, 4) is 28.6 Å². The predicted octanol–water partition coefficient (Wildman–Crippen LogP) is 6.14. The van der Waals surface area contributed by atoms with E-state index in [0.29, 0.717) is 79.7 Å². The van der Waals surface area contributed by atoms with E-state index in [-0.39, 0.29) is 24.0 Å². The number of morpholine rings is 1. The molecule has 10 heteroatoms. The standard InChI is InChI=1S/C38H44N4O6/c1-7-12-28-20-27(21-34(47-9-3)36(28)48-24-35(43)41-15-17-45-18-16-41)23-39-42-37(40-32-14-11-10-13-29(32)38(42)44)31-22-30(25(4)5)33(46-8-2)19-26(31)6/h7,10-11,13-14,19-23,25H,1,8-9,12,15-18,24H2,2-6H3. The van der Waals surface area contributed by atoms with Crippen LogP contribution in [0.1, 0.15) is 55.9 Å². The molecule has 0 radical (unpaired) electrons. The highest BCUT2D eigenvalue weighted by Crippen LogP contribution is 2.35. The first-order valence-corrected chi connectivity index (χ1v) is 16.5. The number of benzene rings is 3.